The molecule has 1 amide bonds. The van der Waals surface area contributed by atoms with Crippen LogP contribution >= 0.6 is 11.8 Å². The van der Waals surface area contributed by atoms with Crippen molar-refractivity contribution in [3.05, 3.63) is 60.3 Å². The monoisotopic (exact) mass is 354 g/mol. The highest BCUT2D eigenvalue weighted by atomic mass is 32.2. The van der Waals surface area contributed by atoms with E-state index in [1.807, 2.05) is 24.3 Å². The molecule has 2 aromatic carbocycles. The number of nitrogens with zero attached hydrogens (tertiary/aromatic N) is 1. The van der Waals surface area contributed by atoms with E-state index in [1.165, 1.54) is 11.8 Å². The number of carboxylic acid groups (broad SMARTS) is 1. The van der Waals surface area contributed by atoms with Crippen LogP contribution in [-0.2, 0) is 4.79 Å². The van der Waals surface area contributed by atoms with Crippen LogP contribution in [0.5, 0.6) is 5.75 Å². The lowest BCUT2D eigenvalue weighted by Gasteiger charge is -2.09. The molecule has 0 atom stereocenters. The van der Waals surface area contributed by atoms with Crippen LogP contribution in [0.15, 0.2) is 64.5 Å². The summed E-state index contributed by atoms with van der Waals surface area (Å²) in [6.07, 6.45) is 0. The lowest BCUT2D eigenvalue weighted by atomic mass is 10.1. The van der Waals surface area contributed by atoms with E-state index in [2.05, 4.69) is 10.3 Å². The molecule has 3 rings (SSSR count). The van der Waals surface area contributed by atoms with Crippen LogP contribution in [0.3, 0.4) is 0 Å². The highest BCUT2D eigenvalue weighted by molar-refractivity contribution is 7.99. The molecular weight excluding hydrogens is 340 g/mol. The number of pyridine rings is 1. The number of nitrogens with one attached hydrogen (secondary N) is 1. The molecule has 0 aliphatic rings. The average Bonchev–Trinajstić information content (AvgIpc) is 2.61. The van der Waals surface area contributed by atoms with E-state index in [0.29, 0.717) is 5.03 Å². The third-order valence-corrected chi connectivity index (χ3v) is 4.40. The van der Waals surface area contributed by atoms with E-state index in [0.717, 1.165) is 15.7 Å². The summed E-state index contributed by atoms with van der Waals surface area (Å²) in [6.45, 7) is -0.465. The summed E-state index contributed by atoms with van der Waals surface area (Å²) in [4.78, 5) is 28.0. The van der Waals surface area contributed by atoms with Crippen LogP contribution in [-0.4, -0.2) is 33.6 Å². The molecule has 0 spiro atoms. The van der Waals surface area contributed by atoms with Crippen LogP contribution in [0.25, 0.3) is 10.8 Å². The SMILES string of the molecule is O=C(O)CNC(=O)c1cc2ccccc2c(Sc2ccc(O)cc2)n1. The molecule has 3 N–H and O–H groups in total. The van der Waals surface area contributed by atoms with Crippen molar-refractivity contribution in [2.24, 2.45) is 0 Å². The van der Waals surface area contributed by atoms with Crippen LogP contribution in [0.2, 0.25) is 0 Å². The molecule has 3 aromatic rings. The van der Waals surface area contributed by atoms with Crippen LogP contribution < -0.4 is 5.32 Å². The number of aliphatic carboxylic acids is 1. The van der Waals surface area contributed by atoms with E-state index in [9.17, 15) is 14.7 Å². The minimum absolute atomic E-state index is 0.154. The summed E-state index contributed by atoms with van der Waals surface area (Å²) < 4.78 is 0. The van der Waals surface area contributed by atoms with Crippen molar-refractivity contribution >= 4 is 34.4 Å². The zero-order valence-corrected chi connectivity index (χ0v) is 13.8. The lowest BCUT2D eigenvalue weighted by molar-refractivity contribution is -0.135. The Morgan fingerprint density at radius 3 is 2.52 bits per heavy atom. The zero-order chi connectivity index (χ0) is 17.8. The smallest absolute Gasteiger partial charge is 0.322 e. The summed E-state index contributed by atoms with van der Waals surface area (Å²) >= 11 is 1.36. The second-order valence-corrected chi connectivity index (χ2v) is 6.27. The van der Waals surface area contributed by atoms with Gasteiger partial charge in [0.25, 0.3) is 5.91 Å². The minimum Gasteiger partial charge on any atom is -0.508 e. The molecule has 25 heavy (non-hydrogen) atoms. The maximum Gasteiger partial charge on any atom is 0.322 e. The normalized spacial score (nSPS) is 10.6. The van der Waals surface area contributed by atoms with Gasteiger partial charge in [0.05, 0.1) is 0 Å². The molecule has 0 aliphatic heterocycles. The van der Waals surface area contributed by atoms with Gasteiger partial charge in [-0.05, 0) is 35.7 Å². The van der Waals surface area contributed by atoms with Crippen molar-refractivity contribution in [1.29, 1.82) is 0 Å². The molecule has 0 saturated carbocycles. The molecule has 1 heterocycles. The summed E-state index contributed by atoms with van der Waals surface area (Å²) in [5.74, 6) is -1.49. The number of hydrogen-bond acceptors (Lipinski definition) is 5. The second kappa shape index (κ2) is 7.23. The average molecular weight is 354 g/mol. The number of fused-ring (bicyclic) bond motifs is 1. The van der Waals surface area contributed by atoms with E-state index in [-0.39, 0.29) is 11.4 Å². The lowest BCUT2D eigenvalue weighted by Crippen LogP contribution is -2.29. The Labute approximate surface area is 147 Å². The third-order valence-electron chi connectivity index (χ3n) is 3.39. The number of carbonyl (C=O) groups is 2. The molecular formula is C18H14N2O4S. The molecule has 0 fully saturated rings. The first-order chi connectivity index (χ1) is 12.0. The van der Waals surface area contributed by atoms with Gasteiger partial charge in [-0.3, -0.25) is 9.59 Å². The van der Waals surface area contributed by atoms with Gasteiger partial charge < -0.3 is 15.5 Å². The number of carbonyl (C=O) groups excluding carboxylic acids is 1. The van der Waals surface area contributed by atoms with Crippen LogP contribution in [0, 0.1) is 0 Å². The number of aromatic hydroxyl groups is 1. The van der Waals surface area contributed by atoms with Crippen molar-refractivity contribution in [2.75, 3.05) is 6.54 Å². The van der Waals surface area contributed by atoms with Crippen molar-refractivity contribution in [3.8, 4) is 5.75 Å². The van der Waals surface area contributed by atoms with E-state index in [4.69, 9.17) is 5.11 Å². The van der Waals surface area contributed by atoms with Gasteiger partial charge in [-0.15, -0.1) is 0 Å². The molecule has 0 radical (unpaired) electrons. The zero-order valence-electron chi connectivity index (χ0n) is 13.0. The molecule has 1 aromatic heterocycles. The Hall–Kier alpha value is -3.06. The summed E-state index contributed by atoms with van der Waals surface area (Å²) in [5.41, 5.74) is 0.154. The van der Waals surface area contributed by atoms with Crippen molar-refractivity contribution in [3.63, 3.8) is 0 Å². The van der Waals surface area contributed by atoms with Gasteiger partial charge >= 0.3 is 5.97 Å². The van der Waals surface area contributed by atoms with Gasteiger partial charge in [0.1, 0.15) is 23.0 Å². The first-order valence-corrected chi connectivity index (χ1v) is 8.21. The van der Waals surface area contributed by atoms with E-state index < -0.39 is 18.4 Å². The molecule has 0 saturated heterocycles. The molecule has 6 nitrogen and oxygen atoms in total. The van der Waals surface area contributed by atoms with Crippen molar-refractivity contribution in [1.82, 2.24) is 10.3 Å². The fourth-order valence-electron chi connectivity index (χ4n) is 2.23. The maximum absolute atomic E-state index is 12.2. The van der Waals surface area contributed by atoms with Gasteiger partial charge in [-0.2, -0.15) is 0 Å². The Morgan fingerprint density at radius 1 is 1.08 bits per heavy atom. The Balaban J connectivity index is 1.98. The maximum atomic E-state index is 12.2. The van der Waals surface area contributed by atoms with Gasteiger partial charge in [0.2, 0.25) is 0 Å². The van der Waals surface area contributed by atoms with Gasteiger partial charge in [0, 0.05) is 10.3 Å². The van der Waals surface area contributed by atoms with E-state index in [1.54, 1.807) is 30.3 Å². The Bertz CT molecular complexity index is 941. The van der Waals surface area contributed by atoms with E-state index >= 15 is 0 Å². The van der Waals surface area contributed by atoms with Crippen molar-refractivity contribution in [2.45, 2.75) is 9.92 Å². The Kier molecular flexibility index (Phi) is 4.85. The third kappa shape index (κ3) is 4.07. The van der Waals surface area contributed by atoms with Crippen LogP contribution in [0.1, 0.15) is 10.5 Å². The quantitative estimate of drug-likeness (QED) is 0.651. The number of phenols is 1. The predicted octanol–water partition coefficient (Wildman–Crippen LogP) is 2.91. The standard InChI is InChI=1S/C18H14N2O4S/c21-12-5-7-13(8-6-12)25-18-14-4-2-1-3-11(14)9-15(20-18)17(24)19-10-16(22)23/h1-9,21H,10H2,(H,19,24)(H,22,23). The van der Waals surface area contributed by atoms with Crippen LogP contribution in [0.4, 0.5) is 0 Å². The number of phenolic OH excluding ortho intramolecular Hbond substituents is 1. The van der Waals surface area contributed by atoms with Crippen molar-refractivity contribution < 1.29 is 19.8 Å². The number of benzene rings is 2. The first kappa shape index (κ1) is 16.8. The topological polar surface area (TPSA) is 99.5 Å². The molecule has 7 heteroatoms. The Morgan fingerprint density at radius 2 is 1.80 bits per heavy atom. The number of carboxylic acids is 1. The predicted molar refractivity (Wildman–Crippen MR) is 93.9 cm³/mol. The minimum atomic E-state index is -1.12. The molecule has 126 valence electrons. The van der Waals surface area contributed by atoms with Gasteiger partial charge in [0.15, 0.2) is 0 Å². The summed E-state index contributed by atoms with van der Waals surface area (Å²) in [7, 11) is 0. The molecule has 0 unspecified atom stereocenters. The highest BCUT2D eigenvalue weighted by Crippen LogP contribution is 2.33. The fraction of sp³-hybridized carbons (Fsp3) is 0.0556. The number of hydrogen-bond donors (Lipinski definition) is 3. The summed E-state index contributed by atoms with van der Waals surface area (Å²) in [6, 6.07) is 15.8. The molecule has 0 aliphatic carbocycles. The highest BCUT2D eigenvalue weighted by Gasteiger charge is 2.14. The number of rotatable bonds is 5. The molecule has 0 bridgehead atoms. The number of amides is 1. The van der Waals surface area contributed by atoms with Gasteiger partial charge in [-0.25, -0.2) is 4.98 Å². The second-order valence-electron chi connectivity index (χ2n) is 5.21. The first-order valence-electron chi connectivity index (χ1n) is 7.39. The fourth-order valence-corrected chi connectivity index (χ4v) is 3.17. The largest absolute Gasteiger partial charge is 0.508 e. The number of aromatic nitrogens is 1. The van der Waals surface area contributed by atoms with Gasteiger partial charge in [-0.1, -0.05) is 36.0 Å². The summed E-state index contributed by atoms with van der Waals surface area (Å²) in [5, 5.41) is 22.7.